The highest BCUT2D eigenvalue weighted by Gasteiger charge is 2.29. The number of anilines is 1. The minimum Gasteiger partial charge on any atom is -0.495 e. The Kier molecular flexibility index (Phi) is 5.75. The first-order chi connectivity index (χ1) is 13.1. The molecule has 2 aliphatic rings. The maximum absolute atomic E-state index is 14.5. The lowest BCUT2D eigenvalue weighted by molar-refractivity contribution is -0.110. The largest absolute Gasteiger partial charge is 0.495 e. The van der Waals surface area contributed by atoms with Crippen LogP contribution in [0.2, 0.25) is 0 Å². The fourth-order valence-corrected chi connectivity index (χ4v) is 3.31. The number of benzene rings is 1. The predicted molar refractivity (Wildman–Crippen MR) is 107 cm³/mol. The third-order valence-corrected chi connectivity index (χ3v) is 4.64. The predicted octanol–water partition coefficient (Wildman–Crippen LogP) is 2.15. The van der Waals surface area contributed by atoms with E-state index in [1.54, 1.807) is 18.3 Å². The standard InChI is InChI=1S/C20H18FN3O3.ClH/c1-27-18-6-7-22-17(18)9-14-19-13(3-2-11-8-12(25)10-23-11)15(21)4-5-16(19)24-20(14)26;/h4-7,9,11-12,22-23,25H,8,10H2,1H3,(H,24,26);1H/t11-,12-;/m1./s1. The molecular weight excluding hydrogens is 385 g/mol. The van der Waals surface area contributed by atoms with Gasteiger partial charge in [-0.1, -0.05) is 11.8 Å². The van der Waals surface area contributed by atoms with Crippen LogP contribution in [-0.4, -0.2) is 41.8 Å². The molecule has 0 radical (unpaired) electrons. The van der Waals surface area contributed by atoms with Gasteiger partial charge in [-0.3, -0.25) is 4.79 Å². The van der Waals surface area contributed by atoms with Gasteiger partial charge in [-0.15, -0.1) is 12.4 Å². The summed E-state index contributed by atoms with van der Waals surface area (Å²) >= 11 is 0. The van der Waals surface area contributed by atoms with E-state index in [9.17, 15) is 14.3 Å². The number of rotatable bonds is 2. The van der Waals surface area contributed by atoms with Gasteiger partial charge in [-0.05, 0) is 24.3 Å². The van der Waals surface area contributed by atoms with Crippen LogP contribution in [0.25, 0.3) is 11.6 Å². The summed E-state index contributed by atoms with van der Waals surface area (Å²) in [5.74, 6) is 5.57. The number of carbonyl (C=O) groups excluding carboxylic acids is 1. The summed E-state index contributed by atoms with van der Waals surface area (Å²) in [4.78, 5) is 15.5. The van der Waals surface area contributed by atoms with Crippen molar-refractivity contribution in [2.45, 2.75) is 18.6 Å². The normalized spacial score (nSPS) is 21.5. The molecule has 0 bridgehead atoms. The van der Waals surface area contributed by atoms with Gasteiger partial charge in [-0.25, -0.2) is 4.39 Å². The number of β-amino-alcohol motifs (C(OH)–C–C–N with tert-alkyl or cyclic N) is 1. The number of fused-ring (bicyclic) bond motifs is 1. The van der Waals surface area contributed by atoms with E-state index in [1.165, 1.54) is 19.2 Å². The van der Waals surface area contributed by atoms with Gasteiger partial charge in [0.2, 0.25) is 0 Å². The minimum atomic E-state index is -0.499. The zero-order chi connectivity index (χ0) is 19.0. The van der Waals surface area contributed by atoms with E-state index in [0.717, 1.165) is 0 Å². The average molecular weight is 404 g/mol. The van der Waals surface area contributed by atoms with Crippen LogP contribution in [0.4, 0.5) is 10.1 Å². The van der Waals surface area contributed by atoms with Crippen molar-refractivity contribution in [3.63, 3.8) is 0 Å². The highest BCUT2D eigenvalue weighted by molar-refractivity contribution is 6.35. The van der Waals surface area contributed by atoms with Crippen LogP contribution < -0.4 is 15.4 Å². The molecule has 2 atom stereocenters. The van der Waals surface area contributed by atoms with Crippen molar-refractivity contribution < 1.29 is 19.0 Å². The van der Waals surface area contributed by atoms with E-state index < -0.39 is 11.9 Å². The Morgan fingerprint density at radius 1 is 1.36 bits per heavy atom. The van der Waals surface area contributed by atoms with Crippen LogP contribution >= 0.6 is 12.4 Å². The molecule has 1 fully saturated rings. The summed E-state index contributed by atoms with van der Waals surface area (Å²) < 4.78 is 19.8. The zero-order valence-corrected chi connectivity index (χ0v) is 15.8. The molecule has 1 saturated heterocycles. The van der Waals surface area contributed by atoms with E-state index in [0.29, 0.717) is 41.2 Å². The number of aromatic nitrogens is 1. The number of methoxy groups -OCH3 is 1. The molecule has 6 nitrogen and oxygen atoms in total. The summed E-state index contributed by atoms with van der Waals surface area (Å²) in [5.41, 5.74) is 2.03. The number of aliphatic hydroxyl groups excluding tert-OH is 1. The van der Waals surface area contributed by atoms with Crippen molar-refractivity contribution in [3.05, 3.63) is 47.0 Å². The van der Waals surface area contributed by atoms with Gasteiger partial charge in [0, 0.05) is 24.7 Å². The van der Waals surface area contributed by atoms with Crippen LogP contribution in [0.15, 0.2) is 24.4 Å². The molecule has 146 valence electrons. The first kappa shape index (κ1) is 20.0. The van der Waals surface area contributed by atoms with Gasteiger partial charge in [0.25, 0.3) is 5.91 Å². The highest BCUT2D eigenvalue weighted by atomic mass is 35.5. The molecule has 0 spiro atoms. The number of aromatic amines is 1. The molecule has 1 aromatic carbocycles. The maximum atomic E-state index is 14.5. The number of amides is 1. The quantitative estimate of drug-likeness (QED) is 0.457. The summed E-state index contributed by atoms with van der Waals surface area (Å²) in [5, 5.41) is 15.4. The van der Waals surface area contributed by atoms with Gasteiger partial charge in [0.15, 0.2) is 0 Å². The number of hydrogen-bond acceptors (Lipinski definition) is 4. The first-order valence-corrected chi connectivity index (χ1v) is 8.57. The Hall–Kier alpha value is -2.79. The fraction of sp³-hybridized carbons (Fsp3) is 0.250. The van der Waals surface area contributed by atoms with Gasteiger partial charge < -0.3 is 25.5 Å². The van der Waals surface area contributed by atoms with E-state index in [1.807, 2.05) is 0 Å². The number of ether oxygens (including phenoxy) is 1. The minimum absolute atomic E-state index is 0. The number of carbonyl (C=O) groups is 1. The van der Waals surface area contributed by atoms with E-state index in [4.69, 9.17) is 4.74 Å². The van der Waals surface area contributed by atoms with Gasteiger partial charge in [0.1, 0.15) is 11.6 Å². The number of halogens is 2. The third kappa shape index (κ3) is 3.62. The molecule has 2 aliphatic heterocycles. The number of aliphatic hydroxyl groups is 1. The van der Waals surface area contributed by atoms with Crippen molar-refractivity contribution >= 4 is 35.7 Å². The average Bonchev–Trinajstić information content (AvgIpc) is 3.35. The molecule has 1 amide bonds. The Bertz CT molecular complexity index is 1010. The molecule has 4 N–H and O–H groups in total. The molecule has 0 saturated carbocycles. The summed E-state index contributed by atoms with van der Waals surface area (Å²) in [6.45, 7) is 0.465. The molecule has 4 rings (SSSR count). The third-order valence-electron chi connectivity index (χ3n) is 4.64. The smallest absolute Gasteiger partial charge is 0.256 e. The molecule has 1 aromatic heterocycles. The molecule has 0 aliphatic carbocycles. The van der Waals surface area contributed by atoms with Crippen LogP contribution in [0, 0.1) is 17.7 Å². The van der Waals surface area contributed by atoms with E-state index in [2.05, 4.69) is 27.5 Å². The van der Waals surface area contributed by atoms with Crippen molar-refractivity contribution in [1.82, 2.24) is 10.3 Å². The Morgan fingerprint density at radius 3 is 2.89 bits per heavy atom. The van der Waals surface area contributed by atoms with Crippen molar-refractivity contribution in [1.29, 1.82) is 0 Å². The SMILES string of the molecule is COc1cc[nH]c1C=C1C(=O)Nc2ccc(F)c(C#C[C@@H]3C[C@@H](O)CN3)c21.Cl. The van der Waals surface area contributed by atoms with E-state index in [-0.39, 0.29) is 29.9 Å². The second-order valence-corrected chi connectivity index (χ2v) is 6.44. The van der Waals surface area contributed by atoms with Crippen LogP contribution in [-0.2, 0) is 4.79 Å². The molecule has 2 aromatic rings. The summed E-state index contributed by atoms with van der Waals surface area (Å²) in [6.07, 6.45) is 3.36. The second kappa shape index (κ2) is 8.07. The van der Waals surface area contributed by atoms with Crippen LogP contribution in [0.3, 0.4) is 0 Å². The lowest BCUT2D eigenvalue weighted by Gasteiger charge is -2.05. The molecule has 28 heavy (non-hydrogen) atoms. The van der Waals surface area contributed by atoms with Crippen LogP contribution in [0.1, 0.15) is 23.2 Å². The second-order valence-electron chi connectivity index (χ2n) is 6.44. The van der Waals surface area contributed by atoms with Crippen molar-refractivity contribution in [2.75, 3.05) is 19.0 Å². The lowest BCUT2D eigenvalue weighted by atomic mass is 9.98. The van der Waals surface area contributed by atoms with Crippen molar-refractivity contribution in [3.8, 4) is 17.6 Å². The maximum Gasteiger partial charge on any atom is 0.256 e. The Labute approximate surface area is 167 Å². The first-order valence-electron chi connectivity index (χ1n) is 8.57. The zero-order valence-electron chi connectivity index (χ0n) is 15.0. The Balaban J connectivity index is 0.00000225. The fourth-order valence-electron chi connectivity index (χ4n) is 3.31. The van der Waals surface area contributed by atoms with E-state index >= 15 is 0 Å². The monoisotopic (exact) mass is 403 g/mol. The lowest BCUT2D eigenvalue weighted by Crippen LogP contribution is -2.19. The molecule has 3 heterocycles. The molecule has 8 heteroatoms. The summed E-state index contributed by atoms with van der Waals surface area (Å²) in [7, 11) is 1.54. The molecule has 0 unspecified atom stereocenters. The van der Waals surface area contributed by atoms with Crippen LogP contribution in [0.5, 0.6) is 5.75 Å². The number of hydrogen-bond donors (Lipinski definition) is 4. The Morgan fingerprint density at radius 2 is 2.18 bits per heavy atom. The molecular formula is C20H19ClFN3O3. The van der Waals surface area contributed by atoms with Gasteiger partial charge in [-0.2, -0.15) is 0 Å². The van der Waals surface area contributed by atoms with Crippen molar-refractivity contribution in [2.24, 2.45) is 0 Å². The van der Waals surface area contributed by atoms with Gasteiger partial charge in [0.05, 0.1) is 41.8 Å². The van der Waals surface area contributed by atoms with Gasteiger partial charge >= 0.3 is 0 Å². The number of H-pyrrole nitrogens is 1. The number of nitrogens with one attached hydrogen (secondary N) is 3. The summed E-state index contributed by atoms with van der Waals surface area (Å²) in [6, 6.07) is 4.34. The highest BCUT2D eigenvalue weighted by Crippen LogP contribution is 2.37. The topological polar surface area (TPSA) is 86.4 Å².